The Morgan fingerprint density at radius 2 is 2.38 bits per heavy atom. The first kappa shape index (κ1) is 12.7. The lowest BCUT2D eigenvalue weighted by Crippen LogP contribution is -2.25. The summed E-state index contributed by atoms with van der Waals surface area (Å²) in [5.74, 6) is 0.618. The van der Waals surface area contributed by atoms with Crippen LogP contribution in [0.2, 0.25) is 0 Å². The molecular weight excluding hydrogens is 208 g/mol. The molecule has 1 aromatic rings. The fraction of sp³-hybridized carbons (Fsp3) is 0.545. The minimum atomic E-state index is -0.115. The molecule has 0 aliphatic heterocycles. The predicted molar refractivity (Wildman–Crippen MR) is 60.3 cm³/mol. The summed E-state index contributed by atoms with van der Waals surface area (Å²) in [6.07, 6.45) is 2.23. The number of rotatable bonds is 7. The van der Waals surface area contributed by atoms with Gasteiger partial charge in [-0.1, -0.05) is 0 Å². The van der Waals surface area contributed by atoms with Gasteiger partial charge < -0.3 is 20.2 Å². The van der Waals surface area contributed by atoms with Gasteiger partial charge in [0.25, 0.3) is 5.91 Å². The van der Waals surface area contributed by atoms with Gasteiger partial charge in [0.15, 0.2) is 0 Å². The van der Waals surface area contributed by atoms with E-state index in [1.165, 1.54) is 6.26 Å². The number of carbonyl (C=O) groups excluding carboxylic acids is 1. The first-order valence-electron chi connectivity index (χ1n) is 5.35. The van der Waals surface area contributed by atoms with Crippen LogP contribution in [0.4, 0.5) is 0 Å². The summed E-state index contributed by atoms with van der Waals surface area (Å²) in [6, 6.07) is 1.71. The van der Waals surface area contributed by atoms with E-state index in [-0.39, 0.29) is 5.91 Å². The molecule has 0 atom stereocenters. The Morgan fingerprint density at radius 1 is 1.56 bits per heavy atom. The van der Waals surface area contributed by atoms with Gasteiger partial charge in [-0.05, 0) is 19.4 Å². The van der Waals surface area contributed by atoms with Crippen molar-refractivity contribution < 1.29 is 13.9 Å². The lowest BCUT2D eigenvalue weighted by atomic mass is 10.3. The number of furan rings is 1. The van der Waals surface area contributed by atoms with Gasteiger partial charge >= 0.3 is 0 Å². The predicted octanol–water partition coefficient (Wildman–Crippen LogP) is 0.683. The van der Waals surface area contributed by atoms with Gasteiger partial charge in [-0.2, -0.15) is 0 Å². The highest BCUT2D eigenvalue weighted by Gasteiger charge is 2.06. The second-order valence-corrected chi connectivity index (χ2v) is 3.46. The third kappa shape index (κ3) is 4.46. The molecular formula is C11H18N2O3. The smallest absolute Gasteiger partial charge is 0.254 e. The molecule has 0 spiro atoms. The van der Waals surface area contributed by atoms with Gasteiger partial charge in [-0.3, -0.25) is 4.79 Å². The number of nitrogens with two attached hydrogens (primary N) is 1. The van der Waals surface area contributed by atoms with E-state index in [1.54, 1.807) is 13.0 Å². The minimum Gasteiger partial charge on any atom is -0.469 e. The molecule has 0 saturated heterocycles. The third-order valence-electron chi connectivity index (χ3n) is 2.01. The summed E-state index contributed by atoms with van der Waals surface area (Å²) < 4.78 is 10.2. The van der Waals surface area contributed by atoms with E-state index in [0.717, 1.165) is 12.2 Å². The zero-order valence-electron chi connectivity index (χ0n) is 9.49. The van der Waals surface area contributed by atoms with Crippen molar-refractivity contribution in [1.82, 2.24) is 5.32 Å². The standard InChI is InChI=1S/C11H18N2O3/c1-9-7-10(8-16-9)11(14)13-4-2-5-15-6-3-12/h7-8H,2-6,12H2,1H3,(H,13,14). The molecule has 0 fully saturated rings. The van der Waals surface area contributed by atoms with Crippen molar-refractivity contribution in [3.05, 3.63) is 23.7 Å². The van der Waals surface area contributed by atoms with Crippen LogP contribution in [-0.4, -0.2) is 32.2 Å². The van der Waals surface area contributed by atoms with Crippen LogP contribution < -0.4 is 11.1 Å². The maximum atomic E-state index is 11.5. The van der Waals surface area contributed by atoms with Gasteiger partial charge in [0.05, 0.1) is 12.2 Å². The van der Waals surface area contributed by atoms with Crippen LogP contribution in [0.3, 0.4) is 0 Å². The van der Waals surface area contributed by atoms with Gasteiger partial charge in [-0.15, -0.1) is 0 Å². The van der Waals surface area contributed by atoms with Gasteiger partial charge in [0.1, 0.15) is 12.0 Å². The molecule has 5 heteroatoms. The number of nitrogens with one attached hydrogen (secondary N) is 1. The Balaban J connectivity index is 2.11. The number of ether oxygens (including phenoxy) is 1. The van der Waals surface area contributed by atoms with E-state index in [9.17, 15) is 4.79 Å². The fourth-order valence-corrected chi connectivity index (χ4v) is 1.23. The summed E-state index contributed by atoms with van der Waals surface area (Å²) >= 11 is 0. The zero-order chi connectivity index (χ0) is 11.8. The maximum absolute atomic E-state index is 11.5. The molecule has 5 nitrogen and oxygen atoms in total. The first-order valence-corrected chi connectivity index (χ1v) is 5.35. The molecule has 16 heavy (non-hydrogen) atoms. The zero-order valence-corrected chi connectivity index (χ0v) is 9.49. The highest BCUT2D eigenvalue weighted by atomic mass is 16.5. The Hall–Kier alpha value is -1.33. The summed E-state index contributed by atoms with van der Waals surface area (Å²) in [4.78, 5) is 11.5. The second kappa shape index (κ2) is 7.03. The van der Waals surface area contributed by atoms with Crippen molar-refractivity contribution in [1.29, 1.82) is 0 Å². The monoisotopic (exact) mass is 226 g/mol. The molecule has 0 radical (unpaired) electrons. The number of aryl methyl sites for hydroxylation is 1. The molecule has 0 saturated carbocycles. The van der Waals surface area contributed by atoms with Crippen LogP contribution in [0, 0.1) is 6.92 Å². The molecule has 0 bridgehead atoms. The molecule has 0 aliphatic carbocycles. The van der Waals surface area contributed by atoms with Crippen LogP contribution >= 0.6 is 0 Å². The van der Waals surface area contributed by atoms with Gasteiger partial charge in [0.2, 0.25) is 0 Å². The fourth-order valence-electron chi connectivity index (χ4n) is 1.23. The number of hydrogen-bond donors (Lipinski definition) is 2. The Labute approximate surface area is 94.9 Å². The highest BCUT2D eigenvalue weighted by Crippen LogP contribution is 2.05. The minimum absolute atomic E-state index is 0.115. The lowest BCUT2D eigenvalue weighted by molar-refractivity contribution is 0.0942. The topological polar surface area (TPSA) is 77.5 Å². The largest absolute Gasteiger partial charge is 0.469 e. The van der Waals surface area contributed by atoms with Crippen LogP contribution in [0.25, 0.3) is 0 Å². The normalized spacial score (nSPS) is 10.4. The molecule has 90 valence electrons. The Bertz CT molecular complexity index is 323. The summed E-state index contributed by atoms with van der Waals surface area (Å²) in [7, 11) is 0. The van der Waals surface area contributed by atoms with Crippen molar-refractivity contribution in [3.63, 3.8) is 0 Å². The van der Waals surface area contributed by atoms with Crippen molar-refractivity contribution in [2.75, 3.05) is 26.3 Å². The third-order valence-corrected chi connectivity index (χ3v) is 2.01. The summed E-state index contributed by atoms with van der Waals surface area (Å²) in [5, 5.41) is 2.78. The lowest BCUT2D eigenvalue weighted by Gasteiger charge is -2.04. The second-order valence-electron chi connectivity index (χ2n) is 3.46. The van der Waals surface area contributed by atoms with Crippen LogP contribution in [-0.2, 0) is 4.74 Å². The quantitative estimate of drug-likeness (QED) is 0.670. The van der Waals surface area contributed by atoms with Crippen molar-refractivity contribution in [2.45, 2.75) is 13.3 Å². The number of amides is 1. The van der Waals surface area contributed by atoms with Crippen molar-refractivity contribution in [2.24, 2.45) is 5.73 Å². The van der Waals surface area contributed by atoms with Crippen molar-refractivity contribution >= 4 is 5.91 Å². The van der Waals surface area contributed by atoms with E-state index in [4.69, 9.17) is 14.9 Å². The SMILES string of the molecule is Cc1cc(C(=O)NCCCOCCN)co1. The van der Waals surface area contributed by atoms with Crippen LogP contribution in [0.1, 0.15) is 22.5 Å². The van der Waals surface area contributed by atoms with Gasteiger partial charge in [-0.25, -0.2) is 0 Å². The Kier molecular flexibility index (Phi) is 5.60. The Morgan fingerprint density at radius 3 is 3.00 bits per heavy atom. The van der Waals surface area contributed by atoms with E-state index < -0.39 is 0 Å². The average molecular weight is 226 g/mol. The summed E-state index contributed by atoms with van der Waals surface area (Å²) in [6.45, 7) is 4.10. The van der Waals surface area contributed by atoms with Crippen molar-refractivity contribution in [3.8, 4) is 0 Å². The van der Waals surface area contributed by atoms with E-state index in [0.29, 0.717) is 31.9 Å². The van der Waals surface area contributed by atoms with Crippen LogP contribution in [0.5, 0.6) is 0 Å². The summed E-state index contributed by atoms with van der Waals surface area (Å²) in [5.41, 5.74) is 5.82. The van der Waals surface area contributed by atoms with E-state index >= 15 is 0 Å². The highest BCUT2D eigenvalue weighted by molar-refractivity contribution is 5.93. The van der Waals surface area contributed by atoms with E-state index in [1.807, 2.05) is 0 Å². The molecule has 1 amide bonds. The van der Waals surface area contributed by atoms with Gasteiger partial charge in [0, 0.05) is 19.7 Å². The molecule has 1 heterocycles. The average Bonchev–Trinajstić information content (AvgIpc) is 2.70. The molecule has 0 unspecified atom stereocenters. The molecule has 1 aromatic heterocycles. The van der Waals surface area contributed by atoms with Crippen LogP contribution in [0.15, 0.2) is 16.7 Å². The molecule has 0 aromatic carbocycles. The molecule has 0 aliphatic rings. The van der Waals surface area contributed by atoms with E-state index in [2.05, 4.69) is 5.32 Å². The number of carbonyl (C=O) groups is 1. The number of hydrogen-bond acceptors (Lipinski definition) is 4. The first-order chi connectivity index (χ1) is 7.74. The molecule has 1 rings (SSSR count). The molecule has 3 N–H and O–H groups in total. The maximum Gasteiger partial charge on any atom is 0.254 e.